The Labute approximate surface area is 255 Å². The van der Waals surface area contributed by atoms with E-state index < -0.39 is 27.4 Å². The highest BCUT2D eigenvalue weighted by Gasteiger charge is 2.77. The van der Waals surface area contributed by atoms with Gasteiger partial charge in [0.2, 0.25) is 5.91 Å². The van der Waals surface area contributed by atoms with E-state index in [2.05, 4.69) is 38.8 Å². The number of hydrogen-bond donors (Lipinski definition) is 1. The van der Waals surface area contributed by atoms with Crippen molar-refractivity contribution < 1.29 is 24.2 Å². The van der Waals surface area contributed by atoms with Gasteiger partial charge in [0.1, 0.15) is 6.04 Å². The van der Waals surface area contributed by atoms with E-state index >= 15 is 0 Å². The van der Waals surface area contributed by atoms with E-state index in [4.69, 9.17) is 4.74 Å². The van der Waals surface area contributed by atoms with Gasteiger partial charge >= 0.3 is 5.97 Å². The molecule has 1 aromatic carbocycles. The molecule has 4 rings (SSSR count). The topological polar surface area (TPSA) is 90.4 Å². The summed E-state index contributed by atoms with van der Waals surface area (Å²) in [6.07, 6.45) is 7.47. The average Bonchev–Trinajstić information content (AvgIpc) is 3.55. The van der Waals surface area contributed by atoms with E-state index in [1.807, 2.05) is 24.3 Å². The third-order valence-electron chi connectivity index (χ3n) is 9.26. The smallest absolute Gasteiger partial charge is 0.311 e. The lowest BCUT2D eigenvalue weighted by atomic mass is 9.66. The molecule has 3 saturated heterocycles. The van der Waals surface area contributed by atoms with Crippen LogP contribution in [0.2, 0.25) is 0 Å². The van der Waals surface area contributed by atoms with Crippen LogP contribution < -0.4 is 9.80 Å². The van der Waals surface area contributed by atoms with Gasteiger partial charge in [-0.3, -0.25) is 14.4 Å². The first-order valence-electron chi connectivity index (χ1n) is 15.4. The van der Waals surface area contributed by atoms with Gasteiger partial charge in [-0.15, -0.1) is 24.9 Å². The summed E-state index contributed by atoms with van der Waals surface area (Å²) in [4.78, 5) is 48.2. The Bertz CT molecular complexity index is 1150. The van der Waals surface area contributed by atoms with Crippen LogP contribution in [0, 0.1) is 11.8 Å². The first-order valence-corrected chi connectivity index (χ1v) is 16.2. The highest BCUT2D eigenvalue weighted by atomic mass is 32.2. The zero-order valence-corrected chi connectivity index (χ0v) is 26.2. The average molecular weight is 598 g/mol. The minimum Gasteiger partial charge on any atom is -0.465 e. The van der Waals surface area contributed by atoms with Crippen LogP contribution in [0.5, 0.6) is 0 Å². The van der Waals surface area contributed by atoms with Crippen LogP contribution >= 0.6 is 11.8 Å². The molecule has 5 atom stereocenters. The molecule has 2 amide bonds. The third-order valence-corrected chi connectivity index (χ3v) is 11.2. The number of carbonyl (C=O) groups is 3. The molecule has 1 N–H and O–H groups in total. The van der Waals surface area contributed by atoms with Gasteiger partial charge in [-0.2, -0.15) is 0 Å². The molecule has 0 radical (unpaired) electrons. The number of benzene rings is 1. The highest BCUT2D eigenvalue weighted by Crippen LogP contribution is 2.71. The Morgan fingerprint density at radius 1 is 1.10 bits per heavy atom. The summed E-state index contributed by atoms with van der Waals surface area (Å²) in [6.45, 7) is 16.7. The van der Waals surface area contributed by atoms with Crippen molar-refractivity contribution in [1.29, 1.82) is 0 Å². The van der Waals surface area contributed by atoms with Gasteiger partial charge in [0.15, 0.2) is 0 Å². The van der Waals surface area contributed by atoms with Gasteiger partial charge in [-0.1, -0.05) is 12.2 Å². The summed E-state index contributed by atoms with van der Waals surface area (Å²) in [5.74, 6) is -1.84. The fraction of sp³-hybridized carbons (Fsp3) is 0.606. The Morgan fingerprint density at radius 3 is 2.40 bits per heavy atom. The van der Waals surface area contributed by atoms with Gasteiger partial charge in [-0.05, 0) is 83.6 Å². The van der Waals surface area contributed by atoms with Crippen LogP contribution in [-0.4, -0.2) is 82.7 Å². The lowest BCUT2D eigenvalue weighted by Crippen LogP contribution is -2.55. The number of likely N-dealkylation sites (tertiary alicyclic amines) is 1. The van der Waals surface area contributed by atoms with Crippen molar-refractivity contribution in [1.82, 2.24) is 4.90 Å². The Hall–Kier alpha value is -2.78. The van der Waals surface area contributed by atoms with Gasteiger partial charge < -0.3 is 24.5 Å². The molecule has 9 heteroatoms. The monoisotopic (exact) mass is 597 g/mol. The van der Waals surface area contributed by atoms with Crippen LogP contribution in [0.15, 0.2) is 49.6 Å². The number of thioether (sulfide) groups is 1. The fourth-order valence-corrected chi connectivity index (χ4v) is 9.58. The summed E-state index contributed by atoms with van der Waals surface area (Å²) in [5, 5.41) is 9.31. The van der Waals surface area contributed by atoms with Crippen molar-refractivity contribution >= 4 is 40.9 Å². The van der Waals surface area contributed by atoms with Crippen molar-refractivity contribution in [2.45, 2.75) is 74.8 Å². The Balaban J connectivity index is 1.71. The van der Waals surface area contributed by atoms with Crippen molar-refractivity contribution in [3.63, 3.8) is 0 Å². The van der Waals surface area contributed by atoms with E-state index in [1.54, 1.807) is 33.7 Å². The number of hydrogen-bond acceptors (Lipinski definition) is 7. The normalized spacial score (nSPS) is 27.6. The number of carbonyl (C=O) groups excluding carboxylic acids is 3. The number of nitrogens with zero attached hydrogens (tertiary/aromatic N) is 3. The molecule has 8 nitrogen and oxygen atoms in total. The van der Waals surface area contributed by atoms with Crippen LogP contribution in [-0.2, 0) is 19.1 Å². The summed E-state index contributed by atoms with van der Waals surface area (Å²) < 4.78 is 4.47. The van der Waals surface area contributed by atoms with Gasteiger partial charge in [0, 0.05) is 48.9 Å². The summed E-state index contributed by atoms with van der Waals surface area (Å²) in [5.41, 5.74) is 1.85. The standard InChI is InChI=1S/C33H47N3O5S/c1-6-10-23-41-31(40)27-26-29(38)36(21-12-11-13-22-37)28(33(26)19-18-32(27,5)42-33)30(39)35(20-7-2)25-16-14-24(15-17-25)34(8-3)9-4/h6-7,14-17,26-28,37H,1-2,8-13,18-23H2,3-5H3/t26-,27-,28?,32+,33?/m0/s1. The maximum absolute atomic E-state index is 14.7. The lowest BCUT2D eigenvalue weighted by molar-refractivity contribution is -0.155. The zero-order valence-electron chi connectivity index (χ0n) is 25.4. The van der Waals surface area contributed by atoms with Crippen LogP contribution in [0.25, 0.3) is 0 Å². The molecule has 1 aromatic rings. The van der Waals surface area contributed by atoms with Gasteiger partial charge in [0.05, 0.1) is 23.2 Å². The second-order valence-electron chi connectivity index (χ2n) is 11.7. The predicted molar refractivity (Wildman–Crippen MR) is 170 cm³/mol. The third kappa shape index (κ3) is 5.74. The molecule has 0 saturated carbocycles. The number of esters is 1. The number of ether oxygens (including phenoxy) is 1. The van der Waals surface area contributed by atoms with E-state index in [1.165, 1.54) is 0 Å². The molecule has 0 aromatic heterocycles. The zero-order chi connectivity index (χ0) is 30.5. The summed E-state index contributed by atoms with van der Waals surface area (Å²) >= 11 is 1.65. The molecule has 3 aliphatic heterocycles. The molecule has 42 heavy (non-hydrogen) atoms. The largest absolute Gasteiger partial charge is 0.465 e. The molecule has 3 heterocycles. The van der Waals surface area contributed by atoms with Crippen molar-refractivity contribution in [3.05, 3.63) is 49.6 Å². The predicted octanol–water partition coefficient (Wildman–Crippen LogP) is 4.82. The molecular weight excluding hydrogens is 550 g/mol. The molecule has 3 fully saturated rings. The van der Waals surface area contributed by atoms with Crippen LogP contribution in [0.1, 0.15) is 59.3 Å². The van der Waals surface area contributed by atoms with E-state index in [-0.39, 0.29) is 31.0 Å². The minimum atomic E-state index is -0.706. The highest BCUT2D eigenvalue weighted by molar-refractivity contribution is 8.02. The molecule has 2 unspecified atom stereocenters. The maximum Gasteiger partial charge on any atom is 0.311 e. The number of aliphatic hydroxyl groups is 1. The molecule has 230 valence electrons. The molecule has 2 bridgehead atoms. The molecular formula is C33H47N3O5S. The number of rotatable bonds is 16. The van der Waals surface area contributed by atoms with Crippen LogP contribution in [0.4, 0.5) is 11.4 Å². The van der Waals surface area contributed by atoms with E-state index in [9.17, 15) is 19.5 Å². The molecule has 1 spiro atoms. The number of anilines is 2. The number of unbranched alkanes of at least 4 members (excludes halogenated alkanes) is 2. The van der Waals surface area contributed by atoms with Crippen molar-refractivity contribution in [2.24, 2.45) is 11.8 Å². The fourth-order valence-electron chi connectivity index (χ4n) is 7.24. The first kappa shape index (κ1) is 32.1. The Morgan fingerprint density at radius 2 is 1.79 bits per heavy atom. The number of aliphatic hydroxyl groups excluding tert-OH is 1. The van der Waals surface area contributed by atoms with Crippen molar-refractivity contribution in [2.75, 3.05) is 49.2 Å². The first-order chi connectivity index (χ1) is 20.2. The minimum absolute atomic E-state index is 0.0896. The summed E-state index contributed by atoms with van der Waals surface area (Å²) in [7, 11) is 0. The summed E-state index contributed by atoms with van der Waals surface area (Å²) in [6, 6.07) is 7.29. The number of amides is 2. The van der Waals surface area contributed by atoms with Crippen LogP contribution in [0.3, 0.4) is 0 Å². The van der Waals surface area contributed by atoms with E-state index in [0.29, 0.717) is 38.8 Å². The van der Waals surface area contributed by atoms with Gasteiger partial charge in [0.25, 0.3) is 5.91 Å². The molecule has 3 aliphatic rings. The second kappa shape index (κ2) is 13.7. The van der Waals surface area contributed by atoms with Crippen molar-refractivity contribution in [3.8, 4) is 0 Å². The Kier molecular flexibility index (Phi) is 10.5. The SMILES string of the molecule is C=CCCOC(=O)[C@@H]1[C@H]2C(=O)N(CCCCCO)C(C(=O)N(CC=C)c3ccc(N(CC)CC)cc3)C23CC[C@@]1(C)S3. The number of fused-ring (bicyclic) bond motifs is 1. The van der Waals surface area contributed by atoms with E-state index in [0.717, 1.165) is 37.3 Å². The second-order valence-corrected chi connectivity index (χ2v) is 13.6. The van der Waals surface area contributed by atoms with Gasteiger partial charge in [-0.25, -0.2) is 0 Å². The maximum atomic E-state index is 14.7. The molecule has 0 aliphatic carbocycles. The quantitative estimate of drug-likeness (QED) is 0.166. The lowest BCUT2D eigenvalue weighted by Gasteiger charge is -2.37.